The van der Waals surface area contributed by atoms with Gasteiger partial charge in [0, 0.05) is 17.7 Å². The highest BCUT2D eigenvalue weighted by atomic mass is 19.4. The monoisotopic (exact) mass is 375 g/mol. The standard InChI is InChI=1S/C20H17F4N3/c21-13-8-10-14(11-9-13)27-19-16(6-3-4-12-25-19)18(26-27)15-5-1-2-7-17(15)20(22,23)24/h1-2,5,7-11,25H,3-4,6,12H2. The maximum atomic E-state index is 13.5. The van der Waals surface area contributed by atoms with Gasteiger partial charge in [-0.05, 0) is 49.6 Å². The summed E-state index contributed by atoms with van der Waals surface area (Å²) in [6, 6.07) is 11.2. The van der Waals surface area contributed by atoms with E-state index < -0.39 is 11.7 Å². The van der Waals surface area contributed by atoms with Crippen molar-refractivity contribution in [3.8, 4) is 16.9 Å². The highest BCUT2D eigenvalue weighted by molar-refractivity contribution is 5.74. The average Bonchev–Trinajstić information content (AvgIpc) is 2.83. The molecule has 0 saturated carbocycles. The number of fused-ring (bicyclic) bond motifs is 1. The first-order valence-corrected chi connectivity index (χ1v) is 8.73. The minimum atomic E-state index is -4.47. The van der Waals surface area contributed by atoms with E-state index in [2.05, 4.69) is 10.4 Å². The summed E-state index contributed by atoms with van der Waals surface area (Å²) in [5, 5.41) is 7.79. The van der Waals surface area contributed by atoms with Crippen LogP contribution in [0.1, 0.15) is 24.0 Å². The Bertz CT molecular complexity index is 958. The van der Waals surface area contributed by atoms with Crippen molar-refractivity contribution in [2.24, 2.45) is 0 Å². The minimum Gasteiger partial charge on any atom is -0.370 e. The Morgan fingerprint density at radius 2 is 1.70 bits per heavy atom. The molecule has 0 amide bonds. The Balaban J connectivity index is 1.94. The molecule has 2 heterocycles. The van der Waals surface area contributed by atoms with E-state index in [-0.39, 0.29) is 11.4 Å². The van der Waals surface area contributed by atoms with Crippen LogP contribution in [-0.2, 0) is 12.6 Å². The Morgan fingerprint density at radius 1 is 0.963 bits per heavy atom. The molecular formula is C20H17F4N3. The maximum Gasteiger partial charge on any atom is 0.417 e. The molecule has 1 aromatic heterocycles. The van der Waals surface area contributed by atoms with Gasteiger partial charge >= 0.3 is 6.18 Å². The van der Waals surface area contributed by atoms with Gasteiger partial charge in [-0.3, -0.25) is 0 Å². The normalized spacial score (nSPS) is 14.4. The third-order valence-corrected chi connectivity index (χ3v) is 4.69. The molecule has 0 atom stereocenters. The van der Waals surface area contributed by atoms with Crippen LogP contribution in [0.15, 0.2) is 48.5 Å². The summed E-state index contributed by atoms with van der Waals surface area (Å²) in [4.78, 5) is 0. The van der Waals surface area contributed by atoms with Crippen LogP contribution in [0.25, 0.3) is 16.9 Å². The number of rotatable bonds is 2. The first kappa shape index (κ1) is 17.6. The van der Waals surface area contributed by atoms with Gasteiger partial charge in [-0.25, -0.2) is 9.07 Å². The largest absolute Gasteiger partial charge is 0.417 e. The van der Waals surface area contributed by atoms with Crippen LogP contribution >= 0.6 is 0 Å². The number of hydrogen-bond acceptors (Lipinski definition) is 2. The van der Waals surface area contributed by atoms with Crippen molar-refractivity contribution in [2.75, 3.05) is 11.9 Å². The number of hydrogen-bond donors (Lipinski definition) is 1. The van der Waals surface area contributed by atoms with Gasteiger partial charge in [0.2, 0.25) is 0 Å². The Morgan fingerprint density at radius 3 is 2.44 bits per heavy atom. The zero-order chi connectivity index (χ0) is 19.0. The molecule has 4 rings (SSSR count). The molecule has 27 heavy (non-hydrogen) atoms. The van der Waals surface area contributed by atoms with Gasteiger partial charge in [0.15, 0.2) is 0 Å². The van der Waals surface area contributed by atoms with E-state index in [0.717, 1.165) is 24.5 Å². The molecule has 1 N–H and O–H groups in total. The maximum absolute atomic E-state index is 13.5. The van der Waals surface area contributed by atoms with Crippen LogP contribution in [-0.4, -0.2) is 16.3 Å². The van der Waals surface area contributed by atoms with E-state index in [1.807, 2.05) is 0 Å². The zero-order valence-corrected chi connectivity index (χ0v) is 14.4. The molecule has 1 aliphatic heterocycles. The molecule has 0 fully saturated rings. The number of anilines is 1. The van der Waals surface area contributed by atoms with Crippen molar-refractivity contribution in [1.82, 2.24) is 9.78 Å². The molecule has 140 valence electrons. The lowest BCUT2D eigenvalue weighted by Gasteiger charge is -2.12. The summed E-state index contributed by atoms with van der Waals surface area (Å²) in [6.45, 7) is 0.709. The van der Waals surface area contributed by atoms with E-state index in [0.29, 0.717) is 30.2 Å². The molecule has 0 saturated heterocycles. The minimum absolute atomic E-state index is 0.0609. The van der Waals surface area contributed by atoms with Crippen LogP contribution in [0.5, 0.6) is 0 Å². The Labute approximate surface area is 153 Å². The fraction of sp³-hybridized carbons (Fsp3) is 0.250. The van der Waals surface area contributed by atoms with Crippen LogP contribution < -0.4 is 5.32 Å². The summed E-state index contributed by atoms with van der Waals surface area (Å²) >= 11 is 0. The van der Waals surface area contributed by atoms with E-state index in [4.69, 9.17) is 0 Å². The fourth-order valence-electron chi connectivity index (χ4n) is 3.42. The number of alkyl halides is 3. The molecule has 0 unspecified atom stereocenters. The van der Waals surface area contributed by atoms with Crippen molar-refractivity contribution >= 4 is 5.82 Å². The Kier molecular flexibility index (Phi) is 4.37. The number of aromatic nitrogens is 2. The molecule has 3 nitrogen and oxygen atoms in total. The first-order chi connectivity index (χ1) is 12.9. The van der Waals surface area contributed by atoms with E-state index in [1.54, 1.807) is 22.9 Å². The smallest absolute Gasteiger partial charge is 0.370 e. The second kappa shape index (κ2) is 6.72. The molecular weight excluding hydrogens is 358 g/mol. The van der Waals surface area contributed by atoms with E-state index in [9.17, 15) is 17.6 Å². The highest BCUT2D eigenvalue weighted by Gasteiger charge is 2.35. The topological polar surface area (TPSA) is 29.9 Å². The lowest BCUT2D eigenvalue weighted by atomic mass is 9.99. The third kappa shape index (κ3) is 3.29. The summed E-state index contributed by atoms with van der Waals surface area (Å²) in [7, 11) is 0. The molecule has 7 heteroatoms. The summed E-state index contributed by atoms with van der Waals surface area (Å²) in [5.74, 6) is 0.290. The van der Waals surface area contributed by atoms with Gasteiger partial charge in [0.05, 0.1) is 16.9 Å². The second-order valence-corrected chi connectivity index (χ2v) is 6.49. The molecule has 2 aromatic carbocycles. The van der Waals surface area contributed by atoms with Crippen LogP contribution in [0.2, 0.25) is 0 Å². The van der Waals surface area contributed by atoms with Crippen LogP contribution in [0.4, 0.5) is 23.4 Å². The Hall–Kier alpha value is -2.83. The first-order valence-electron chi connectivity index (χ1n) is 8.73. The molecule has 0 aliphatic carbocycles. The summed E-state index contributed by atoms with van der Waals surface area (Å²) in [6.07, 6.45) is -2.07. The zero-order valence-electron chi connectivity index (χ0n) is 14.4. The quantitative estimate of drug-likeness (QED) is 0.604. The number of nitrogens with one attached hydrogen (secondary N) is 1. The molecule has 0 bridgehead atoms. The number of benzene rings is 2. The number of nitrogens with zero attached hydrogens (tertiary/aromatic N) is 2. The molecule has 0 radical (unpaired) electrons. The summed E-state index contributed by atoms with van der Waals surface area (Å²) < 4.78 is 55.4. The predicted molar refractivity (Wildman–Crippen MR) is 95.4 cm³/mol. The molecule has 0 spiro atoms. The van der Waals surface area contributed by atoms with Gasteiger partial charge in [0.1, 0.15) is 11.6 Å². The average molecular weight is 375 g/mol. The van der Waals surface area contributed by atoms with Crippen LogP contribution in [0.3, 0.4) is 0 Å². The van der Waals surface area contributed by atoms with Crippen molar-refractivity contribution in [2.45, 2.75) is 25.4 Å². The lowest BCUT2D eigenvalue weighted by molar-refractivity contribution is -0.137. The van der Waals surface area contributed by atoms with E-state index in [1.165, 1.54) is 24.3 Å². The van der Waals surface area contributed by atoms with Gasteiger partial charge < -0.3 is 5.32 Å². The second-order valence-electron chi connectivity index (χ2n) is 6.49. The fourth-order valence-corrected chi connectivity index (χ4v) is 3.42. The van der Waals surface area contributed by atoms with E-state index >= 15 is 0 Å². The van der Waals surface area contributed by atoms with Gasteiger partial charge in [-0.1, -0.05) is 18.2 Å². The molecule has 3 aromatic rings. The van der Waals surface area contributed by atoms with Crippen molar-refractivity contribution in [3.63, 3.8) is 0 Å². The number of halogens is 4. The highest BCUT2D eigenvalue weighted by Crippen LogP contribution is 2.40. The third-order valence-electron chi connectivity index (χ3n) is 4.69. The van der Waals surface area contributed by atoms with Crippen molar-refractivity contribution in [1.29, 1.82) is 0 Å². The SMILES string of the molecule is Fc1ccc(-n2nc(-c3ccccc3C(F)(F)F)c3c2NCCCC3)cc1. The van der Waals surface area contributed by atoms with Crippen molar-refractivity contribution < 1.29 is 17.6 Å². The summed E-state index contributed by atoms with van der Waals surface area (Å²) in [5.41, 5.74) is 1.02. The predicted octanol–water partition coefficient (Wildman–Crippen LogP) is 5.45. The van der Waals surface area contributed by atoms with Gasteiger partial charge in [-0.15, -0.1) is 0 Å². The van der Waals surface area contributed by atoms with Crippen LogP contribution in [0, 0.1) is 5.82 Å². The van der Waals surface area contributed by atoms with Gasteiger partial charge in [0.25, 0.3) is 0 Å². The van der Waals surface area contributed by atoms with Crippen molar-refractivity contribution in [3.05, 3.63) is 65.5 Å². The van der Waals surface area contributed by atoms with Gasteiger partial charge in [-0.2, -0.15) is 18.3 Å². The molecule has 1 aliphatic rings. The lowest BCUT2D eigenvalue weighted by Crippen LogP contribution is -2.08.